The standard InChI is InChI=1S/C19H14F3N3O2S/c20-14-5-3-13(4-6-14)18-24-15(11-28-18)9-17(26)25-23-10-12-1-7-16(8-2-12)27-19(21)22/h1-8,10-11,19H,9H2,(H,25,26)/b23-10-. The number of carbonyl (C=O) groups is 1. The molecule has 0 aliphatic rings. The van der Waals surface area contributed by atoms with Crippen LogP contribution in [0.2, 0.25) is 0 Å². The predicted molar refractivity (Wildman–Crippen MR) is 100 cm³/mol. The fourth-order valence-electron chi connectivity index (χ4n) is 2.23. The van der Waals surface area contributed by atoms with Crippen LogP contribution in [0.25, 0.3) is 10.6 Å². The average Bonchev–Trinajstić information content (AvgIpc) is 3.11. The first-order valence-electron chi connectivity index (χ1n) is 8.07. The van der Waals surface area contributed by atoms with E-state index in [0.29, 0.717) is 16.3 Å². The van der Waals surface area contributed by atoms with Gasteiger partial charge in [-0.3, -0.25) is 4.79 Å². The van der Waals surface area contributed by atoms with Crippen molar-refractivity contribution in [1.82, 2.24) is 10.4 Å². The Morgan fingerprint density at radius 1 is 1.18 bits per heavy atom. The second-order valence-electron chi connectivity index (χ2n) is 5.57. The molecule has 0 unspecified atom stereocenters. The van der Waals surface area contributed by atoms with Crippen LogP contribution in [0.5, 0.6) is 5.75 Å². The largest absolute Gasteiger partial charge is 0.435 e. The molecular formula is C19H14F3N3O2S. The van der Waals surface area contributed by atoms with Crippen molar-refractivity contribution < 1.29 is 22.7 Å². The lowest BCUT2D eigenvalue weighted by atomic mass is 10.2. The molecule has 9 heteroatoms. The van der Waals surface area contributed by atoms with Gasteiger partial charge < -0.3 is 4.74 Å². The van der Waals surface area contributed by atoms with Crippen LogP contribution >= 0.6 is 11.3 Å². The van der Waals surface area contributed by atoms with E-state index < -0.39 is 6.61 Å². The second kappa shape index (κ2) is 9.14. The van der Waals surface area contributed by atoms with Crippen LogP contribution in [0.3, 0.4) is 0 Å². The van der Waals surface area contributed by atoms with E-state index in [2.05, 4.69) is 20.2 Å². The molecule has 0 fully saturated rings. The highest BCUT2D eigenvalue weighted by Crippen LogP contribution is 2.24. The first-order valence-corrected chi connectivity index (χ1v) is 8.95. The van der Waals surface area contributed by atoms with Crippen LogP contribution in [-0.4, -0.2) is 23.7 Å². The number of hydrogen-bond acceptors (Lipinski definition) is 5. The summed E-state index contributed by atoms with van der Waals surface area (Å²) < 4.78 is 41.4. The molecule has 5 nitrogen and oxygen atoms in total. The molecule has 0 spiro atoms. The van der Waals surface area contributed by atoms with E-state index in [9.17, 15) is 18.0 Å². The minimum absolute atomic E-state index is 0.0379. The van der Waals surface area contributed by atoms with Gasteiger partial charge in [0.15, 0.2) is 0 Å². The smallest absolute Gasteiger partial charge is 0.387 e. The van der Waals surface area contributed by atoms with E-state index in [1.807, 2.05) is 0 Å². The molecule has 0 aliphatic carbocycles. The second-order valence-corrected chi connectivity index (χ2v) is 6.43. The zero-order valence-corrected chi connectivity index (χ0v) is 15.1. The van der Waals surface area contributed by atoms with Crippen molar-refractivity contribution in [2.24, 2.45) is 5.10 Å². The monoisotopic (exact) mass is 405 g/mol. The van der Waals surface area contributed by atoms with Gasteiger partial charge in [-0.2, -0.15) is 13.9 Å². The molecule has 3 aromatic rings. The van der Waals surface area contributed by atoms with Gasteiger partial charge in [-0.1, -0.05) is 0 Å². The van der Waals surface area contributed by atoms with Gasteiger partial charge in [-0.25, -0.2) is 14.8 Å². The number of amides is 1. The molecule has 1 aromatic heterocycles. The van der Waals surface area contributed by atoms with Crippen LogP contribution in [0.4, 0.5) is 13.2 Å². The van der Waals surface area contributed by atoms with E-state index in [-0.39, 0.29) is 23.9 Å². The Morgan fingerprint density at radius 3 is 2.57 bits per heavy atom. The Balaban J connectivity index is 1.51. The molecule has 0 bridgehead atoms. The fraction of sp³-hybridized carbons (Fsp3) is 0.105. The molecule has 0 saturated heterocycles. The van der Waals surface area contributed by atoms with Crippen molar-refractivity contribution in [3.05, 3.63) is 71.0 Å². The van der Waals surface area contributed by atoms with Crippen molar-refractivity contribution >= 4 is 23.5 Å². The van der Waals surface area contributed by atoms with Crippen LogP contribution in [0, 0.1) is 5.82 Å². The van der Waals surface area contributed by atoms with Crippen molar-refractivity contribution in [1.29, 1.82) is 0 Å². The third-order valence-electron chi connectivity index (χ3n) is 3.49. The first kappa shape index (κ1) is 19.6. The molecule has 28 heavy (non-hydrogen) atoms. The summed E-state index contributed by atoms with van der Waals surface area (Å²) in [4.78, 5) is 16.3. The number of benzene rings is 2. The average molecular weight is 405 g/mol. The summed E-state index contributed by atoms with van der Waals surface area (Å²) in [5, 5.41) is 6.27. The molecule has 2 aromatic carbocycles. The molecule has 0 radical (unpaired) electrons. The van der Waals surface area contributed by atoms with Gasteiger partial charge in [0.1, 0.15) is 16.6 Å². The molecule has 144 valence electrons. The Bertz CT molecular complexity index is 957. The summed E-state index contributed by atoms with van der Waals surface area (Å²) in [6.07, 6.45) is 1.42. The van der Waals surface area contributed by atoms with E-state index in [4.69, 9.17) is 0 Å². The summed E-state index contributed by atoms with van der Waals surface area (Å²) in [6, 6.07) is 11.8. The van der Waals surface area contributed by atoms with Gasteiger partial charge in [0.25, 0.3) is 0 Å². The Hall–Kier alpha value is -3.20. The highest BCUT2D eigenvalue weighted by atomic mass is 32.1. The number of aromatic nitrogens is 1. The summed E-state index contributed by atoms with van der Waals surface area (Å²) in [6.45, 7) is -2.88. The Kier molecular flexibility index (Phi) is 6.38. The molecule has 1 amide bonds. The zero-order chi connectivity index (χ0) is 19.9. The quantitative estimate of drug-likeness (QED) is 0.472. The third-order valence-corrected chi connectivity index (χ3v) is 4.43. The Morgan fingerprint density at radius 2 is 1.89 bits per heavy atom. The topological polar surface area (TPSA) is 63.6 Å². The number of thiazole rings is 1. The number of nitrogens with one attached hydrogen (secondary N) is 1. The molecule has 0 aliphatic heterocycles. The molecule has 3 rings (SSSR count). The maximum absolute atomic E-state index is 13.0. The van der Waals surface area contributed by atoms with Gasteiger partial charge in [-0.15, -0.1) is 11.3 Å². The van der Waals surface area contributed by atoms with E-state index in [1.165, 1.54) is 53.9 Å². The molecular weight excluding hydrogens is 391 g/mol. The van der Waals surface area contributed by atoms with Crippen molar-refractivity contribution in [3.8, 4) is 16.3 Å². The number of alkyl halides is 2. The molecule has 1 heterocycles. The third kappa shape index (κ3) is 5.65. The number of carbonyl (C=O) groups excluding carboxylic acids is 1. The van der Waals surface area contributed by atoms with Gasteiger partial charge in [0.05, 0.1) is 18.3 Å². The number of hydrazone groups is 1. The van der Waals surface area contributed by atoms with Crippen LogP contribution < -0.4 is 10.2 Å². The number of nitrogens with zero attached hydrogens (tertiary/aromatic N) is 2. The summed E-state index contributed by atoms with van der Waals surface area (Å²) in [5.74, 6) is -0.643. The maximum Gasteiger partial charge on any atom is 0.387 e. The van der Waals surface area contributed by atoms with E-state index in [0.717, 1.165) is 5.56 Å². The van der Waals surface area contributed by atoms with Gasteiger partial charge in [0, 0.05) is 10.9 Å². The van der Waals surface area contributed by atoms with Gasteiger partial charge >= 0.3 is 6.61 Å². The predicted octanol–water partition coefficient (Wildman–Crippen LogP) is 4.24. The summed E-state index contributed by atoms with van der Waals surface area (Å²) >= 11 is 1.36. The minimum Gasteiger partial charge on any atom is -0.435 e. The number of hydrogen-bond donors (Lipinski definition) is 1. The highest BCUT2D eigenvalue weighted by molar-refractivity contribution is 7.13. The molecule has 1 N–H and O–H groups in total. The minimum atomic E-state index is -2.88. The van der Waals surface area contributed by atoms with Crippen molar-refractivity contribution in [3.63, 3.8) is 0 Å². The van der Waals surface area contributed by atoms with E-state index in [1.54, 1.807) is 17.5 Å². The fourth-order valence-corrected chi connectivity index (χ4v) is 3.06. The van der Waals surface area contributed by atoms with Crippen molar-refractivity contribution in [2.45, 2.75) is 13.0 Å². The van der Waals surface area contributed by atoms with Crippen molar-refractivity contribution in [2.75, 3.05) is 0 Å². The lowest BCUT2D eigenvalue weighted by Gasteiger charge is -2.03. The lowest BCUT2D eigenvalue weighted by Crippen LogP contribution is -2.19. The molecule has 0 atom stereocenters. The first-order chi connectivity index (χ1) is 13.5. The maximum atomic E-state index is 13.0. The highest BCUT2D eigenvalue weighted by Gasteiger charge is 2.09. The molecule has 0 saturated carbocycles. The summed E-state index contributed by atoms with van der Waals surface area (Å²) in [7, 11) is 0. The van der Waals surface area contributed by atoms with Gasteiger partial charge in [0.2, 0.25) is 5.91 Å². The number of ether oxygens (including phenoxy) is 1. The Labute approximate surface area is 162 Å². The van der Waals surface area contributed by atoms with Gasteiger partial charge in [-0.05, 0) is 54.1 Å². The van der Waals surface area contributed by atoms with Crippen LogP contribution in [-0.2, 0) is 11.2 Å². The lowest BCUT2D eigenvalue weighted by molar-refractivity contribution is -0.120. The number of rotatable bonds is 7. The van der Waals surface area contributed by atoms with Crippen LogP contribution in [0.15, 0.2) is 59.0 Å². The normalized spacial score (nSPS) is 11.1. The van der Waals surface area contributed by atoms with Crippen LogP contribution in [0.1, 0.15) is 11.3 Å². The zero-order valence-electron chi connectivity index (χ0n) is 14.3. The summed E-state index contributed by atoms with van der Waals surface area (Å²) in [5.41, 5.74) is 4.33. The van der Waals surface area contributed by atoms with E-state index >= 15 is 0 Å². The SMILES string of the molecule is O=C(Cc1csc(-c2ccc(F)cc2)n1)N/N=C\c1ccc(OC(F)F)cc1. The number of halogens is 3.